The molecule has 1 saturated heterocycles. The van der Waals surface area contributed by atoms with Crippen LogP contribution >= 0.6 is 0 Å². The maximum absolute atomic E-state index is 11.9. The van der Waals surface area contributed by atoms with Crippen molar-refractivity contribution in [1.29, 1.82) is 0 Å². The van der Waals surface area contributed by atoms with E-state index in [1.807, 2.05) is 19.1 Å². The van der Waals surface area contributed by atoms with Crippen LogP contribution in [0.3, 0.4) is 0 Å². The average molecular weight is 219 g/mol. The predicted octanol–water partition coefficient (Wildman–Crippen LogP) is 1.33. The molecule has 1 aliphatic heterocycles. The zero-order chi connectivity index (χ0) is 11.4. The molecule has 1 aromatic heterocycles. The van der Waals surface area contributed by atoms with Gasteiger partial charge in [0.05, 0.1) is 5.92 Å². The minimum atomic E-state index is 0.0727. The molecule has 4 nitrogen and oxygen atoms in total. The lowest BCUT2D eigenvalue weighted by molar-refractivity contribution is -0.120. The Morgan fingerprint density at radius 1 is 1.56 bits per heavy atom. The first-order valence-corrected chi connectivity index (χ1v) is 5.70. The van der Waals surface area contributed by atoms with Crippen molar-refractivity contribution < 1.29 is 4.79 Å². The summed E-state index contributed by atoms with van der Waals surface area (Å²) < 4.78 is 0. The molecule has 0 aromatic carbocycles. The van der Waals surface area contributed by atoms with Crippen molar-refractivity contribution in [2.45, 2.75) is 19.8 Å². The smallest absolute Gasteiger partial charge is 0.229 e. The minimum absolute atomic E-state index is 0.0727. The number of anilines is 1. The highest BCUT2D eigenvalue weighted by atomic mass is 16.2. The summed E-state index contributed by atoms with van der Waals surface area (Å²) in [6, 6.07) is 3.78. The molecular formula is C12H17N3O. The molecule has 86 valence electrons. The van der Waals surface area contributed by atoms with E-state index in [1.54, 1.807) is 6.20 Å². The zero-order valence-corrected chi connectivity index (χ0v) is 9.49. The van der Waals surface area contributed by atoms with Crippen molar-refractivity contribution in [2.75, 3.05) is 18.4 Å². The van der Waals surface area contributed by atoms with Crippen molar-refractivity contribution >= 4 is 11.7 Å². The van der Waals surface area contributed by atoms with Gasteiger partial charge in [0.15, 0.2) is 0 Å². The number of nitrogens with zero attached hydrogens (tertiary/aromatic N) is 1. The molecule has 1 amide bonds. The molecule has 0 bridgehead atoms. The second-order valence-corrected chi connectivity index (χ2v) is 4.25. The van der Waals surface area contributed by atoms with Gasteiger partial charge in [-0.05, 0) is 37.9 Å². The van der Waals surface area contributed by atoms with Crippen molar-refractivity contribution in [3.63, 3.8) is 0 Å². The van der Waals surface area contributed by atoms with Crippen LogP contribution in [0.5, 0.6) is 0 Å². The molecule has 1 fully saturated rings. The molecule has 2 rings (SSSR count). The lowest BCUT2D eigenvalue weighted by Crippen LogP contribution is -2.37. The van der Waals surface area contributed by atoms with E-state index >= 15 is 0 Å². The maximum atomic E-state index is 11.9. The van der Waals surface area contributed by atoms with E-state index in [4.69, 9.17) is 0 Å². The number of piperidine rings is 1. The molecule has 0 aliphatic carbocycles. The average Bonchev–Trinajstić information content (AvgIpc) is 2.33. The predicted molar refractivity (Wildman–Crippen MR) is 63.2 cm³/mol. The number of aryl methyl sites for hydroxylation is 1. The lowest BCUT2D eigenvalue weighted by atomic mass is 9.99. The third-order valence-corrected chi connectivity index (χ3v) is 2.83. The van der Waals surface area contributed by atoms with Gasteiger partial charge in [0, 0.05) is 12.7 Å². The Balaban J connectivity index is 1.93. The molecule has 1 aromatic rings. The second-order valence-electron chi connectivity index (χ2n) is 4.25. The summed E-state index contributed by atoms with van der Waals surface area (Å²) in [4.78, 5) is 16.0. The molecule has 16 heavy (non-hydrogen) atoms. The summed E-state index contributed by atoms with van der Waals surface area (Å²) in [6.07, 6.45) is 3.79. The Morgan fingerprint density at radius 2 is 2.44 bits per heavy atom. The van der Waals surface area contributed by atoms with E-state index in [-0.39, 0.29) is 11.8 Å². The van der Waals surface area contributed by atoms with E-state index < -0.39 is 0 Å². The van der Waals surface area contributed by atoms with E-state index in [9.17, 15) is 4.79 Å². The Kier molecular flexibility index (Phi) is 3.51. The lowest BCUT2D eigenvalue weighted by Gasteiger charge is -2.21. The number of amides is 1. The van der Waals surface area contributed by atoms with Gasteiger partial charge in [0.25, 0.3) is 0 Å². The molecule has 0 spiro atoms. The van der Waals surface area contributed by atoms with Gasteiger partial charge in [0.1, 0.15) is 5.82 Å². The molecule has 1 unspecified atom stereocenters. The van der Waals surface area contributed by atoms with Crippen LogP contribution in [-0.4, -0.2) is 24.0 Å². The monoisotopic (exact) mass is 219 g/mol. The van der Waals surface area contributed by atoms with Crippen LogP contribution in [0.4, 0.5) is 5.82 Å². The van der Waals surface area contributed by atoms with Crippen molar-refractivity contribution in [1.82, 2.24) is 10.3 Å². The molecule has 2 N–H and O–H groups in total. The van der Waals surface area contributed by atoms with E-state index in [1.165, 1.54) is 0 Å². The van der Waals surface area contributed by atoms with Crippen LogP contribution in [-0.2, 0) is 4.79 Å². The number of hydrogen-bond donors (Lipinski definition) is 2. The van der Waals surface area contributed by atoms with Crippen molar-refractivity contribution in [3.05, 3.63) is 23.9 Å². The number of aromatic nitrogens is 1. The van der Waals surface area contributed by atoms with Gasteiger partial charge >= 0.3 is 0 Å². The standard InChI is InChI=1S/C12H17N3O/c1-9-4-5-11(14-7-9)15-12(16)10-3-2-6-13-8-10/h4-5,7,10,13H,2-3,6,8H2,1H3,(H,14,15,16). The largest absolute Gasteiger partial charge is 0.316 e. The molecular weight excluding hydrogens is 202 g/mol. The van der Waals surface area contributed by atoms with Gasteiger partial charge in [-0.2, -0.15) is 0 Å². The highest BCUT2D eigenvalue weighted by Gasteiger charge is 2.20. The first-order valence-electron chi connectivity index (χ1n) is 5.70. The third-order valence-electron chi connectivity index (χ3n) is 2.83. The highest BCUT2D eigenvalue weighted by Crippen LogP contribution is 2.12. The van der Waals surface area contributed by atoms with E-state index in [0.29, 0.717) is 5.82 Å². The van der Waals surface area contributed by atoms with Gasteiger partial charge in [0.2, 0.25) is 5.91 Å². The number of carbonyl (C=O) groups is 1. The molecule has 4 heteroatoms. The van der Waals surface area contributed by atoms with E-state index in [2.05, 4.69) is 15.6 Å². The Bertz CT molecular complexity index is 355. The summed E-state index contributed by atoms with van der Waals surface area (Å²) in [5.41, 5.74) is 1.09. The first kappa shape index (κ1) is 11.1. The summed E-state index contributed by atoms with van der Waals surface area (Å²) in [6.45, 7) is 3.77. The summed E-state index contributed by atoms with van der Waals surface area (Å²) in [5.74, 6) is 0.793. The molecule has 1 atom stereocenters. The topological polar surface area (TPSA) is 54.0 Å². The number of carbonyl (C=O) groups excluding carboxylic acids is 1. The Hall–Kier alpha value is -1.42. The number of rotatable bonds is 2. The fraction of sp³-hybridized carbons (Fsp3) is 0.500. The maximum Gasteiger partial charge on any atom is 0.229 e. The molecule has 1 aliphatic rings. The summed E-state index contributed by atoms with van der Waals surface area (Å²) >= 11 is 0. The zero-order valence-electron chi connectivity index (χ0n) is 9.49. The highest BCUT2D eigenvalue weighted by molar-refractivity contribution is 5.91. The number of hydrogen-bond acceptors (Lipinski definition) is 3. The second kappa shape index (κ2) is 5.07. The van der Waals surface area contributed by atoms with Crippen LogP contribution in [0.2, 0.25) is 0 Å². The minimum Gasteiger partial charge on any atom is -0.316 e. The van der Waals surface area contributed by atoms with Crippen LogP contribution < -0.4 is 10.6 Å². The summed E-state index contributed by atoms with van der Waals surface area (Å²) in [7, 11) is 0. The summed E-state index contributed by atoms with van der Waals surface area (Å²) in [5, 5.41) is 6.08. The fourth-order valence-corrected chi connectivity index (χ4v) is 1.85. The SMILES string of the molecule is Cc1ccc(NC(=O)C2CCCNC2)nc1. The Morgan fingerprint density at radius 3 is 3.06 bits per heavy atom. The van der Waals surface area contributed by atoms with Crippen molar-refractivity contribution in [2.24, 2.45) is 5.92 Å². The fourth-order valence-electron chi connectivity index (χ4n) is 1.85. The van der Waals surface area contributed by atoms with Gasteiger partial charge in [-0.15, -0.1) is 0 Å². The van der Waals surface area contributed by atoms with Crippen LogP contribution in [0.1, 0.15) is 18.4 Å². The van der Waals surface area contributed by atoms with Gasteiger partial charge < -0.3 is 10.6 Å². The quantitative estimate of drug-likeness (QED) is 0.789. The van der Waals surface area contributed by atoms with Crippen LogP contribution in [0, 0.1) is 12.8 Å². The third kappa shape index (κ3) is 2.79. The van der Waals surface area contributed by atoms with E-state index in [0.717, 1.165) is 31.5 Å². The van der Waals surface area contributed by atoms with Gasteiger partial charge in [-0.1, -0.05) is 6.07 Å². The molecule has 2 heterocycles. The number of pyridine rings is 1. The van der Waals surface area contributed by atoms with Crippen LogP contribution in [0.15, 0.2) is 18.3 Å². The molecule has 0 radical (unpaired) electrons. The van der Waals surface area contributed by atoms with Crippen LogP contribution in [0.25, 0.3) is 0 Å². The van der Waals surface area contributed by atoms with Gasteiger partial charge in [-0.25, -0.2) is 4.98 Å². The van der Waals surface area contributed by atoms with Gasteiger partial charge in [-0.3, -0.25) is 4.79 Å². The Labute approximate surface area is 95.5 Å². The number of nitrogens with one attached hydrogen (secondary N) is 2. The molecule has 0 saturated carbocycles. The van der Waals surface area contributed by atoms with Crippen molar-refractivity contribution in [3.8, 4) is 0 Å². The normalized spacial score (nSPS) is 20.4. The first-order chi connectivity index (χ1) is 7.75.